The minimum atomic E-state index is -0.111. The number of aromatic nitrogens is 2. The van der Waals surface area contributed by atoms with Gasteiger partial charge < -0.3 is 14.5 Å². The molecule has 7 heteroatoms. The first-order valence-electron chi connectivity index (χ1n) is 8.48. The first kappa shape index (κ1) is 19.0. The highest BCUT2D eigenvalue weighted by molar-refractivity contribution is 7.99. The summed E-state index contributed by atoms with van der Waals surface area (Å²) >= 11 is 1.22. The van der Waals surface area contributed by atoms with Gasteiger partial charge in [0.05, 0.1) is 19.3 Å². The van der Waals surface area contributed by atoms with Gasteiger partial charge in [-0.3, -0.25) is 4.79 Å². The Morgan fingerprint density at radius 2 is 1.81 bits per heavy atom. The van der Waals surface area contributed by atoms with Crippen molar-refractivity contribution in [3.63, 3.8) is 0 Å². The van der Waals surface area contributed by atoms with Gasteiger partial charge in [0.25, 0.3) is 5.22 Å². The van der Waals surface area contributed by atoms with Gasteiger partial charge >= 0.3 is 0 Å². The van der Waals surface area contributed by atoms with E-state index in [1.165, 1.54) is 11.8 Å². The number of carbonyl (C=O) groups is 1. The van der Waals surface area contributed by atoms with Gasteiger partial charge in [-0.05, 0) is 54.8 Å². The van der Waals surface area contributed by atoms with Crippen LogP contribution in [-0.2, 0) is 11.2 Å². The van der Waals surface area contributed by atoms with Gasteiger partial charge in [0.1, 0.15) is 5.75 Å². The van der Waals surface area contributed by atoms with Crippen molar-refractivity contribution in [2.45, 2.75) is 25.5 Å². The minimum absolute atomic E-state index is 0.111. The predicted molar refractivity (Wildman–Crippen MR) is 105 cm³/mol. The maximum absolute atomic E-state index is 12.1. The van der Waals surface area contributed by atoms with Crippen molar-refractivity contribution in [1.29, 1.82) is 0 Å². The van der Waals surface area contributed by atoms with E-state index >= 15 is 0 Å². The number of hydrogen-bond donors (Lipinski definition) is 1. The van der Waals surface area contributed by atoms with E-state index in [1.807, 2.05) is 50.2 Å². The molecule has 140 valence electrons. The molecule has 27 heavy (non-hydrogen) atoms. The molecule has 3 rings (SSSR count). The SMILES string of the molecule is COc1ccc(Cc2nnc(SCC(=O)Nc3cc(C)cc(C)c3)o2)cc1. The van der Waals surface area contributed by atoms with Gasteiger partial charge in [0.15, 0.2) is 0 Å². The second-order valence-electron chi connectivity index (χ2n) is 6.20. The van der Waals surface area contributed by atoms with Crippen LogP contribution in [0.3, 0.4) is 0 Å². The number of hydrogen-bond acceptors (Lipinski definition) is 6. The molecule has 0 spiro atoms. The number of carbonyl (C=O) groups excluding carboxylic acids is 1. The first-order valence-corrected chi connectivity index (χ1v) is 9.46. The van der Waals surface area contributed by atoms with E-state index < -0.39 is 0 Å². The van der Waals surface area contributed by atoms with Crippen LogP contribution in [0.2, 0.25) is 0 Å². The second kappa shape index (κ2) is 8.73. The summed E-state index contributed by atoms with van der Waals surface area (Å²) in [4.78, 5) is 12.1. The molecule has 0 saturated heterocycles. The van der Waals surface area contributed by atoms with Gasteiger partial charge in [-0.25, -0.2) is 0 Å². The Morgan fingerprint density at radius 1 is 1.11 bits per heavy atom. The summed E-state index contributed by atoms with van der Waals surface area (Å²) in [5.74, 6) is 1.41. The Morgan fingerprint density at radius 3 is 2.48 bits per heavy atom. The molecule has 0 aliphatic heterocycles. The fourth-order valence-electron chi connectivity index (χ4n) is 2.66. The fraction of sp³-hybridized carbons (Fsp3) is 0.250. The molecule has 0 unspecified atom stereocenters. The van der Waals surface area contributed by atoms with Crippen LogP contribution in [0, 0.1) is 13.8 Å². The Labute approximate surface area is 162 Å². The van der Waals surface area contributed by atoms with Crippen molar-refractivity contribution in [2.24, 2.45) is 0 Å². The second-order valence-corrected chi connectivity index (χ2v) is 7.13. The number of aryl methyl sites for hydroxylation is 2. The lowest BCUT2D eigenvalue weighted by atomic mass is 10.1. The molecule has 3 aromatic rings. The molecule has 0 radical (unpaired) electrons. The zero-order valence-electron chi connectivity index (χ0n) is 15.5. The van der Waals surface area contributed by atoms with E-state index in [4.69, 9.17) is 9.15 Å². The highest BCUT2D eigenvalue weighted by Crippen LogP contribution is 2.20. The summed E-state index contributed by atoms with van der Waals surface area (Å²) in [6, 6.07) is 13.6. The molecular weight excluding hydrogens is 362 g/mol. The number of nitrogens with one attached hydrogen (secondary N) is 1. The fourth-order valence-corrected chi connectivity index (χ4v) is 3.24. The Hall–Kier alpha value is -2.80. The number of ether oxygens (including phenoxy) is 1. The van der Waals surface area contributed by atoms with Crippen molar-refractivity contribution < 1.29 is 13.9 Å². The number of amides is 1. The molecule has 1 heterocycles. The van der Waals surface area contributed by atoms with E-state index in [0.717, 1.165) is 28.1 Å². The number of thioether (sulfide) groups is 1. The molecular formula is C20H21N3O3S. The van der Waals surface area contributed by atoms with E-state index in [1.54, 1.807) is 7.11 Å². The first-order chi connectivity index (χ1) is 13.0. The molecule has 1 aromatic heterocycles. The Bertz CT molecular complexity index is 902. The van der Waals surface area contributed by atoms with Crippen LogP contribution >= 0.6 is 11.8 Å². The largest absolute Gasteiger partial charge is 0.497 e. The quantitative estimate of drug-likeness (QED) is 0.621. The summed E-state index contributed by atoms with van der Waals surface area (Å²) in [5.41, 5.74) is 4.06. The molecule has 1 amide bonds. The van der Waals surface area contributed by atoms with Crippen LogP contribution in [0.5, 0.6) is 5.75 Å². The van der Waals surface area contributed by atoms with Crippen molar-refractivity contribution in [3.05, 3.63) is 65.0 Å². The molecule has 2 aromatic carbocycles. The highest BCUT2D eigenvalue weighted by atomic mass is 32.2. The van der Waals surface area contributed by atoms with Crippen molar-refractivity contribution in [1.82, 2.24) is 10.2 Å². The minimum Gasteiger partial charge on any atom is -0.497 e. The molecule has 0 fully saturated rings. The van der Waals surface area contributed by atoms with Crippen LogP contribution in [0.1, 0.15) is 22.6 Å². The molecule has 0 bridgehead atoms. The summed E-state index contributed by atoms with van der Waals surface area (Å²) in [6.07, 6.45) is 0.534. The standard InChI is InChI=1S/C20H21N3O3S/c1-13-8-14(2)10-16(9-13)21-18(24)12-27-20-23-22-19(26-20)11-15-4-6-17(25-3)7-5-15/h4-10H,11-12H2,1-3H3,(H,21,24). The van der Waals surface area contributed by atoms with Crippen molar-refractivity contribution in [2.75, 3.05) is 18.2 Å². The number of anilines is 1. The third-order valence-electron chi connectivity index (χ3n) is 3.79. The lowest BCUT2D eigenvalue weighted by molar-refractivity contribution is -0.113. The van der Waals surface area contributed by atoms with Crippen LogP contribution in [-0.4, -0.2) is 29.0 Å². The number of rotatable bonds is 7. The zero-order valence-corrected chi connectivity index (χ0v) is 16.3. The van der Waals surface area contributed by atoms with E-state index in [2.05, 4.69) is 21.6 Å². The van der Waals surface area contributed by atoms with Crippen LogP contribution in [0.4, 0.5) is 5.69 Å². The van der Waals surface area contributed by atoms with E-state index in [0.29, 0.717) is 17.5 Å². The predicted octanol–water partition coefficient (Wildman–Crippen LogP) is 4.02. The summed E-state index contributed by atoms with van der Waals surface area (Å²) in [6.45, 7) is 4.00. The maximum Gasteiger partial charge on any atom is 0.277 e. The van der Waals surface area contributed by atoms with Crippen LogP contribution in [0.15, 0.2) is 52.1 Å². The normalized spacial score (nSPS) is 10.6. The average molecular weight is 383 g/mol. The van der Waals surface area contributed by atoms with Crippen molar-refractivity contribution >= 4 is 23.4 Å². The lowest BCUT2D eigenvalue weighted by Gasteiger charge is -2.06. The molecule has 0 aliphatic carbocycles. The van der Waals surface area contributed by atoms with Crippen LogP contribution in [0.25, 0.3) is 0 Å². The highest BCUT2D eigenvalue weighted by Gasteiger charge is 2.11. The lowest BCUT2D eigenvalue weighted by Crippen LogP contribution is -2.14. The van der Waals surface area contributed by atoms with E-state index in [-0.39, 0.29) is 11.7 Å². The van der Waals surface area contributed by atoms with Crippen LogP contribution < -0.4 is 10.1 Å². The number of benzene rings is 2. The van der Waals surface area contributed by atoms with Gasteiger partial charge in [-0.2, -0.15) is 0 Å². The Balaban J connectivity index is 1.51. The molecule has 0 atom stereocenters. The van der Waals surface area contributed by atoms with Gasteiger partial charge in [-0.1, -0.05) is 30.0 Å². The number of nitrogens with zero attached hydrogens (tertiary/aromatic N) is 2. The third-order valence-corrected chi connectivity index (χ3v) is 4.61. The molecule has 0 aliphatic rings. The monoisotopic (exact) mass is 383 g/mol. The van der Waals surface area contributed by atoms with E-state index in [9.17, 15) is 4.79 Å². The molecule has 1 N–H and O–H groups in total. The van der Waals surface area contributed by atoms with Crippen molar-refractivity contribution in [3.8, 4) is 5.75 Å². The smallest absolute Gasteiger partial charge is 0.277 e. The summed E-state index contributed by atoms with van der Waals surface area (Å²) in [7, 11) is 1.63. The zero-order chi connectivity index (χ0) is 19.2. The van der Waals surface area contributed by atoms with Gasteiger partial charge in [0.2, 0.25) is 11.8 Å². The summed E-state index contributed by atoms with van der Waals surface area (Å²) in [5, 5.41) is 11.3. The average Bonchev–Trinajstić information content (AvgIpc) is 3.07. The van der Waals surface area contributed by atoms with Gasteiger partial charge in [-0.15, -0.1) is 10.2 Å². The van der Waals surface area contributed by atoms with Gasteiger partial charge in [0, 0.05) is 5.69 Å². The molecule has 6 nitrogen and oxygen atoms in total. The Kier molecular flexibility index (Phi) is 6.13. The maximum atomic E-state index is 12.1. The summed E-state index contributed by atoms with van der Waals surface area (Å²) < 4.78 is 10.8. The third kappa shape index (κ3) is 5.59. The molecule has 0 saturated carbocycles. The number of methoxy groups -OCH3 is 1. The topological polar surface area (TPSA) is 77.2 Å².